The number of halogens is 1. The molecule has 0 aliphatic heterocycles. The van der Waals surface area contributed by atoms with Gasteiger partial charge in [0.2, 0.25) is 0 Å². The van der Waals surface area contributed by atoms with E-state index in [2.05, 4.69) is 10.4 Å². The molecule has 72 valence electrons. The Balaban J connectivity index is 2.39. The Morgan fingerprint density at radius 1 is 1.43 bits per heavy atom. The number of rotatable bonds is 2. The van der Waals surface area contributed by atoms with Crippen molar-refractivity contribution in [1.82, 2.24) is 9.78 Å². The molecule has 0 unspecified atom stereocenters. The van der Waals surface area contributed by atoms with E-state index in [-0.39, 0.29) is 0 Å². The van der Waals surface area contributed by atoms with Crippen molar-refractivity contribution in [2.75, 3.05) is 12.4 Å². The van der Waals surface area contributed by atoms with Crippen LogP contribution >= 0.6 is 11.6 Å². The zero-order chi connectivity index (χ0) is 9.97. The van der Waals surface area contributed by atoms with E-state index in [1.807, 2.05) is 37.5 Å². The molecule has 2 rings (SSSR count). The van der Waals surface area contributed by atoms with Crippen LogP contribution in [0.15, 0.2) is 36.7 Å². The first-order chi connectivity index (χ1) is 6.79. The van der Waals surface area contributed by atoms with E-state index in [0.29, 0.717) is 5.02 Å². The zero-order valence-corrected chi connectivity index (χ0v) is 8.49. The average Bonchev–Trinajstić information content (AvgIpc) is 2.66. The van der Waals surface area contributed by atoms with Crippen LogP contribution in [0.5, 0.6) is 0 Å². The van der Waals surface area contributed by atoms with Crippen LogP contribution in [0.3, 0.4) is 0 Å². The summed E-state index contributed by atoms with van der Waals surface area (Å²) in [7, 11) is 1.86. The molecular formula is C10H10ClN3. The second kappa shape index (κ2) is 3.72. The van der Waals surface area contributed by atoms with Crippen molar-refractivity contribution >= 4 is 17.3 Å². The Morgan fingerprint density at radius 2 is 2.29 bits per heavy atom. The van der Waals surface area contributed by atoms with Gasteiger partial charge in [-0.15, -0.1) is 0 Å². The van der Waals surface area contributed by atoms with Gasteiger partial charge in [0.25, 0.3) is 0 Å². The van der Waals surface area contributed by atoms with E-state index in [9.17, 15) is 0 Å². The monoisotopic (exact) mass is 207 g/mol. The summed E-state index contributed by atoms with van der Waals surface area (Å²) < 4.78 is 1.78. The van der Waals surface area contributed by atoms with Gasteiger partial charge < -0.3 is 5.32 Å². The molecule has 0 saturated carbocycles. The van der Waals surface area contributed by atoms with Gasteiger partial charge in [0.15, 0.2) is 0 Å². The Kier molecular flexibility index (Phi) is 2.41. The van der Waals surface area contributed by atoms with Gasteiger partial charge in [0, 0.05) is 12.1 Å². The highest BCUT2D eigenvalue weighted by atomic mass is 35.5. The first-order valence-electron chi connectivity index (χ1n) is 4.28. The molecule has 0 bridgehead atoms. The number of benzene rings is 1. The maximum atomic E-state index is 5.88. The van der Waals surface area contributed by atoms with Crippen molar-refractivity contribution in [2.45, 2.75) is 0 Å². The number of hydrogen-bond donors (Lipinski definition) is 1. The Morgan fingerprint density at radius 3 is 2.93 bits per heavy atom. The predicted octanol–water partition coefficient (Wildman–Crippen LogP) is 2.57. The summed E-state index contributed by atoms with van der Waals surface area (Å²) in [5.41, 5.74) is 1.93. The highest BCUT2D eigenvalue weighted by Crippen LogP contribution is 2.15. The van der Waals surface area contributed by atoms with Crippen molar-refractivity contribution in [2.24, 2.45) is 0 Å². The van der Waals surface area contributed by atoms with E-state index in [4.69, 9.17) is 11.6 Å². The van der Waals surface area contributed by atoms with Crippen LogP contribution in [-0.2, 0) is 0 Å². The molecule has 4 heteroatoms. The standard InChI is InChI=1S/C10H10ClN3/c1-12-9-6-13-14(7-9)10-4-2-3-8(11)5-10/h2-7,12H,1H3. The number of hydrogen-bond acceptors (Lipinski definition) is 2. The van der Waals surface area contributed by atoms with Gasteiger partial charge in [-0.1, -0.05) is 17.7 Å². The van der Waals surface area contributed by atoms with Gasteiger partial charge in [-0.05, 0) is 18.2 Å². The van der Waals surface area contributed by atoms with Crippen LogP contribution in [0.4, 0.5) is 5.69 Å². The third kappa shape index (κ3) is 1.72. The summed E-state index contributed by atoms with van der Waals surface area (Å²) in [5, 5.41) is 7.92. The average molecular weight is 208 g/mol. The predicted molar refractivity (Wildman–Crippen MR) is 58.1 cm³/mol. The first kappa shape index (κ1) is 9.09. The van der Waals surface area contributed by atoms with E-state index in [1.54, 1.807) is 10.9 Å². The molecule has 0 atom stereocenters. The van der Waals surface area contributed by atoms with E-state index >= 15 is 0 Å². The fourth-order valence-electron chi connectivity index (χ4n) is 1.21. The maximum Gasteiger partial charge on any atom is 0.0728 e. The minimum atomic E-state index is 0.712. The highest BCUT2D eigenvalue weighted by molar-refractivity contribution is 6.30. The summed E-state index contributed by atoms with van der Waals surface area (Å²) in [6.45, 7) is 0. The summed E-state index contributed by atoms with van der Waals surface area (Å²) in [4.78, 5) is 0. The fraction of sp³-hybridized carbons (Fsp3) is 0.100. The van der Waals surface area contributed by atoms with Gasteiger partial charge in [-0.25, -0.2) is 4.68 Å². The first-order valence-corrected chi connectivity index (χ1v) is 4.66. The lowest BCUT2D eigenvalue weighted by Crippen LogP contribution is -1.93. The molecule has 1 N–H and O–H groups in total. The van der Waals surface area contributed by atoms with Crippen LogP contribution in [0, 0.1) is 0 Å². The van der Waals surface area contributed by atoms with Gasteiger partial charge in [0.1, 0.15) is 0 Å². The largest absolute Gasteiger partial charge is 0.386 e. The maximum absolute atomic E-state index is 5.88. The molecular weight excluding hydrogens is 198 g/mol. The molecule has 2 aromatic rings. The highest BCUT2D eigenvalue weighted by Gasteiger charge is 1.99. The fourth-order valence-corrected chi connectivity index (χ4v) is 1.40. The second-order valence-electron chi connectivity index (χ2n) is 2.90. The van der Waals surface area contributed by atoms with Gasteiger partial charge >= 0.3 is 0 Å². The van der Waals surface area contributed by atoms with E-state index in [0.717, 1.165) is 11.4 Å². The number of anilines is 1. The number of nitrogens with zero attached hydrogens (tertiary/aromatic N) is 2. The number of nitrogens with one attached hydrogen (secondary N) is 1. The molecule has 0 saturated heterocycles. The third-order valence-corrected chi connectivity index (χ3v) is 2.18. The van der Waals surface area contributed by atoms with Gasteiger partial charge in [0.05, 0.1) is 23.8 Å². The molecule has 0 spiro atoms. The van der Waals surface area contributed by atoms with Crippen LogP contribution < -0.4 is 5.32 Å². The van der Waals surface area contributed by atoms with Crippen molar-refractivity contribution in [3.8, 4) is 5.69 Å². The van der Waals surface area contributed by atoms with Gasteiger partial charge in [-0.2, -0.15) is 5.10 Å². The van der Waals surface area contributed by atoms with Crippen molar-refractivity contribution in [3.63, 3.8) is 0 Å². The summed E-state index contributed by atoms with van der Waals surface area (Å²) in [6, 6.07) is 7.57. The summed E-state index contributed by atoms with van der Waals surface area (Å²) in [6.07, 6.45) is 3.67. The molecule has 14 heavy (non-hydrogen) atoms. The van der Waals surface area contributed by atoms with Crippen molar-refractivity contribution in [1.29, 1.82) is 0 Å². The lowest BCUT2D eigenvalue weighted by atomic mass is 10.3. The molecule has 0 amide bonds. The zero-order valence-electron chi connectivity index (χ0n) is 7.74. The molecule has 0 fully saturated rings. The van der Waals surface area contributed by atoms with Crippen LogP contribution in [0.1, 0.15) is 0 Å². The molecule has 0 aliphatic carbocycles. The Bertz CT molecular complexity index is 436. The summed E-state index contributed by atoms with van der Waals surface area (Å²) >= 11 is 5.88. The molecule has 1 aromatic carbocycles. The van der Waals surface area contributed by atoms with Crippen molar-refractivity contribution in [3.05, 3.63) is 41.7 Å². The molecule has 3 nitrogen and oxygen atoms in total. The van der Waals surface area contributed by atoms with Gasteiger partial charge in [-0.3, -0.25) is 0 Å². The SMILES string of the molecule is CNc1cnn(-c2cccc(Cl)c2)c1. The minimum Gasteiger partial charge on any atom is -0.386 e. The topological polar surface area (TPSA) is 29.9 Å². The lowest BCUT2D eigenvalue weighted by molar-refractivity contribution is 0.881. The third-order valence-electron chi connectivity index (χ3n) is 1.94. The van der Waals surface area contributed by atoms with Crippen LogP contribution in [-0.4, -0.2) is 16.8 Å². The van der Waals surface area contributed by atoms with Crippen LogP contribution in [0.25, 0.3) is 5.69 Å². The second-order valence-corrected chi connectivity index (χ2v) is 3.34. The Labute approximate surface area is 87.3 Å². The number of aromatic nitrogens is 2. The molecule has 1 aromatic heterocycles. The lowest BCUT2D eigenvalue weighted by Gasteiger charge is -2.00. The Hall–Kier alpha value is -1.48. The van der Waals surface area contributed by atoms with Crippen LogP contribution in [0.2, 0.25) is 5.02 Å². The summed E-state index contributed by atoms with van der Waals surface area (Å²) in [5.74, 6) is 0. The molecule has 0 radical (unpaired) electrons. The van der Waals surface area contributed by atoms with E-state index in [1.165, 1.54) is 0 Å². The smallest absolute Gasteiger partial charge is 0.0728 e. The van der Waals surface area contributed by atoms with Crippen molar-refractivity contribution < 1.29 is 0 Å². The van der Waals surface area contributed by atoms with E-state index < -0.39 is 0 Å². The normalized spacial score (nSPS) is 10.1. The molecule has 1 heterocycles. The quantitative estimate of drug-likeness (QED) is 0.821. The molecule has 0 aliphatic rings. The minimum absolute atomic E-state index is 0.712.